The highest BCUT2D eigenvalue weighted by molar-refractivity contribution is 14.0. The second-order valence-corrected chi connectivity index (χ2v) is 9.32. The number of anilines is 1. The average molecular weight is 558 g/mol. The summed E-state index contributed by atoms with van der Waals surface area (Å²) in [5.41, 5.74) is 2.98. The van der Waals surface area contributed by atoms with Crippen LogP contribution in [0.4, 0.5) is 5.69 Å². The molecule has 1 saturated heterocycles. The summed E-state index contributed by atoms with van der Waals surface area (Å²) >= 11 is 0. The molecular weight excluding hydrogens is 525 g/mol. The first-order valence-corrected chi connectivity index (χ1v) is 12.0. The predicted molar refractivity (Wildman–Crippen MR) is 139 cm³/mol. The maximum Gasteiger partial charge on any atom is 0.215 e. The van der Waals surface area contributed by atoms with Crippen LogP contribution in [0.2, 0.25) is 0 Å². The van der Waals surface area contributed by atoms with Crippen molar-refractivity contribution in [3.63, 3.8) is 0 Å². The van der Waals surface area contributed by atoms with Gasteiger partial charge < -0.3 is 15.5 Å². The molecule has 9 heteroatoms. The van der Waals surface area contributed by atoms with Crippen LogP contribution >= 0.6 is 24.0 Å². The summed E-state index contributed by atoms with van der Waals surface area (Å²) in [5.74, 6) is 0.752. The lowest BCUT2D eigenvalue weighted by Gasteiger charge is -2.20. The minimum absolute atomic E-state index is 0. The van der Waals surface area contributed by atoms with Crippen LogP contribution in [0, 0.1) is 0 Å². The van der Waals surface area contributed by atoms with Crippen LogP contribution in [0.3, 0.4) is 0 Å². The number of sulfonamides is 1. The van der Waals surface area contributed by atoms with E-state index in [2.05, 4.69) is 44.5 Å². The van der Waals surface area contributed by atoms with Gasteiger partial charge in [-0.05, 0) is 43.7 Å². The van der Waals surface area contributed by atoms with E-state index in [0.29, 0.717) is 12.6 Å². The van der Waals surface area contributed by atoms with E-state index < -0.39 is 10.0 Å². The summed E-state index contributed by atoms with van der Waals surface area (Å²) in [6.07, 6.45) is 1.05. The van der Waals surface area contributed by atoms with E-state index in [1.54, 1.807) is 0 Å². The molecule has 7 nitrogen and oxygen atoms in total. The molecule has 170 valence electrons. The zero-order chi connectivity index (χ0) is 21.4. The van der Waals surface area contributed by atoms with Gasteiger partial charge >= 0.3 is 0 Å². The predicted octanol–water partition coefficient (Wildman–Crippen LogP) is 2.69. The molecule has 1 aliphatic heterocycles. The molecule has 3 rings (SSSR count). The highest BCUT2D eigenvalue weighted by atomic mass is 127. The first-order valence-electron chi connectivity index (χ1n) is 10.3. The quantitative estimate of drug-likeness (QED) is 0.264. The molecule has 0 bridgehead atoms. The van der Waals surface area contributed by atoms with Crippen molar-refractivity contribution in [3.8, 4) is 0 Å². The molecule has 1 fully saturated rings. The summed E-state index contributed by atoms with van der Waals surface area (Å²) in [5, 5.41) is 6.85. The highest BCUT2D eigenvalue weighted by Gasteiger charge is 2.23. The Balaban J connectivity index is 0.00000341. The normalized spacial score (nSPS) is 16.6. The van der Waals surface area contributed by atoms with Crippen molar-refractivity contribution in [2.45, 2.75) is 31.7 Å². The minimum Gasteiger partial charge on any atom is -0.369 e. The van der Waals surface area contributed by atoms with Crippen molar-refractivity contribution in [2.75, 3.05) is 31.6 Å². The van der Waals surface area contributed by atoms with Crippen LogP contribution in [-0.4, -0.2) is 47.1 Å². The van der Waals surface area contributed by atoms with E-state index >= 15 is 0 Å². The van der Waals surface area contributed by atoms with E-state index in [1.165, 1.54) is 12.7 Å². The van der Waals surface area contributed by atoms with E-state index in [4.69, 9.17) is 4.99 Å². The fraction of sp³-hybridized carbons (Fsp3) is 0.409. The molecule has 1 unspecified atom stereocenters. The molecule has 0 amide bonds. The third-order valence-corrected chi connectivity index (χ3v) is 6.41. The Morgan fingerprint density at radius 2 is 1.87 bits per heavy atom. The van der Waals surface area contributed by atoms with Gasteiger partial charge in [-0.25, -0.2) is 18.1 Å². The molecule has 1 aliphatic rings. The Bertz CT molecular complexity index is 953. The van der Waals surface area contributed by atoms with E-state index in [1.807, 2.05) is 37.3 Å². The molecule has 2 aromatic carbocycles. The number of para-hydroxylation sites is 1. The number of nitrogens with zero attached hydrogens (tertiary/aromatic N) is 2. The van der Waals surface area contributed by atoms with Gasteiger partial charge in [-0.1, -0.05) is 42.5 Å². The second-order valence-electron chi connectivity index (χ2n) is 7.39. The fourth-order valence-corrected chi connectivity index (χ4v) is 4.31. The van der Waals surface area contributed by atoms with Gasteiger partial charge in [-0.15, -0.1) is 24.0 Å². The van der Waals surface area contributed by atoms with Crippen LogP contribution in [0.1, 0.15) is 24.5 Å². The molecule has 0 aliphatic carbocycles. The van der Waals surface area contributed by atoms with Gasteiger partial charge in [0.25, 0.3) is 0 Å². The molecular formula is C22H32IN5O2S. The summed E-state index contributed by atoms with van der Waals surface area (Å²) in [7, 11) is -1.86. The fourth-order valence-electron chi connectivity index (χ4n) is 3.54. The number of nitrogens with one attached hydrogen (secondary N) is 3. The summed E-state index contributed by atoms with van der Waals surface area (Å²) in [4.78, 5) is 7.10. The number of aliphatic imine (C=N–C) groups is 1. The van der Waals surface area contributed by atoms with Crippen LogP contribution in [0.15, 0.2) is 59.6 Å². The second kappa shape index (κ2) is 12.3. The van der Waals surface area contributed by atoms with Crippen molar-refractivity contribution in [1.82, 2.24) is 15.4 Å². The maximum atomic E-state index is 11.8. The first kappa shape index (κ1) is 25.4. The Kier molecular flexibility index (Phi) is 10.0. The molecule has 0 spiro atoms. The molecule has 3 N–H and O–H groups in total. The standard InChI is InChI=1S/C22H31N5O2S.HI/c1-3-24-22(26-20-12-13-27(16-20)21-10-5-4-6-11-21)25-15-18-8-7-9-19(14-18)17-30(28,29)23-2;/h4-11,14,20,23H,3,12-13,15-17H2,1-2H3,(H2,24,25,26);1H. The molecule has 31 heavy (non-hydrogen) atoms. The number of benzene rings is 2. The van der Waals surface area contributed by atoms with Crippen LogP contribution in [0.25, 0.3) is 0 Å². The third kappa shape index (κ3) is 7.97. The molecule has 1 heterocycles. The summed E-state index contributed by atoms with van der Waals surface area (Å²) in [6, 6.07) is 18.3. The van der Waals surface area contributed by atoms with Crippen molar-refractivity contribution in [1.29, 1.82) is 0 Å². The lowest BCUT2D eigenvalue weighted by atomic mass is 10.1. The smallest absolute Gasteiger partial charge is 0.215 e. The Morgan fingerprint density at radius 3 is 2.58 bits per heavy atom. The van der Waals surface area contributed by atoms with Gasteiger partial charge in [0.2, 0.25) is 10.0 Å². The summed E-state index contributed by atoms with van der Waals surface area (Å²) < 4.78 is 25.9. The molecule has 1 atom stereocenters. The van der Waals surface area contributed by atoms with Gasteiger partial charge in [0, 0.05) is 31.4 Å². The summed E-state index contributed by atoms with van der Waals surface area (Å²) in [6.45, 7) is 5.26. The van der Waals surface area contributed by atoms with Crippen LogP contribution < -0.4 is 20.3 Å². The first-order chi connectivity index (χ1) is 14.5. The zero-order valence-electron chi connectivity index (χ0n) is 18.0. The zero-order valence-corrected chi connectivity index (χ0v) is 21.2. The number of rotatable bonds is 8. The van der Waals surface area contributed by atoms with Crippen LogP contribution in [0.5, 0.6) is 0 Å². The maximum absolute atomic E-state index is 11.8. The average Bonchev–Trinajstić information content (AvgIpc) is 3.21. The monoisotopic (exact) mass is 557 g/mol. The molecule has 0 radical (unpaired) electrons. The topological polar surface area (TPSA) is 85.8 Å². The minimum atomic E-state index is -3.29. The third-order valence-electron chi connectivity index (χ3n) is 5.07. The number of halogens is 1. The number of guanidine groups is 1. The van der Waals surface area contributed by atoms with Crippen molar-refractivity contribution >= 4 is 45.6 Å². The van der Waals surface area contributed by atoms with Gasteiger partial charge in [0.1, 0.15) is 0 Å². The van der Waals surface area contributed by atoms with Gasteiger partial charge in [0.15, 0.2) is 5.96 Å². The van der Waals surface area contributed by atoms with Crippen molar-refractivity contribution < 1.29 is 8.42 Å². The van der Waals surface area contributed by atoms with Crippen molar-refractivity contribution in [2.24, 2.45) is 4.99 Å². The lowest BCUT2D eigenvalue weighted by Crippen LogP contribution is -2.44. The largest absolute Gasteiger partial charge is 0.369 e. The van der Waals surface area contributed by atoms with Crippen molar-refractivity contribution in [3.05, 3.63) is 65.7 Å². The number of hydrogen-bond donors (Lipinski definition) is 3. The Hall–Kier alpha value is -1.85. The molecule has 2 aromatic rings. The molecule has 0 aromatic heterocycles. The van der Waals surface area contributed by atoms with E-state index in [-0.39, 0.29) is 29.7 Å². The Morgan fingerprint density at radius 1 is 1.13 bits per heavy atom. The molecule has 0 saturated carbocycles. The Labute approximate surface area is 202 Å². The lowest BCUT2D eigenvalue weighted by molar-refractivity contribution is 0.587. The van der Waals surface area contributed by atoms with E-state index in [9.17, 15) is 8.42 Å². The SMILES string of the molecule is CCNC(=NCc1cccc(CS(=O)(=O)NC)c1)NC1CCN(c2ccccc2)C1.I. The van der Waals surface area contributed by atoms with Gasteiger partial charge in [-0.2, -0.15) is 0 Å². The van der Waals surface area contributed by atoms with Gasteiger partial charge in [0.05, 0.1) is 12.3 Å². The van der Waals surface area contributed by atoms with Crippen LogP contribution in [-0.2, 0) is 22.3 Å². The van der Waals surface area contributed by atoms with Gasteiger partial charge in [-0.3, -0.25) is 0 Å². The number of hydrogen-bond acceptors (Lipinski definition) is 4. The van der Waals surface area contributed by atoms with E-state index in [0.717, 1.165) is 43.1 Å². The highest BCUT2D eigenvalue weighted by Crippen LogP contribution is 2.19.